The molecule has 0 radical (unpaired) electrons. The van der Waals surface area contributed by atoms with Crippen molar-refractivity contribution in [2.75, 3.05) is 19.8 Å². The molecule has 0 bridgehead atoms. The van der Waals surface area contributed by atoms with Crippen molar-refractivity contribution in [1.82, 2.24) is 5.32 Å². The van der Waals surface area contributed by atoms with Crippen LogP contribution in [0.25, 0.3) is 0 Å². The summed E-state index contributed by atoms with van der Waals surface area (Å²) < 4.78 is 16.7. The Hall–Kier alpha value is -1.86. The van der Waals surface area contributed by atoms with Crippen LogP contribution in [0, 0.1) is 0 Å². The maximum atomic E-state index is 13.0. The summed E-state index contributed by atoms with van der Waals surface area (Å²) >= 11 is 0. The molecule has 7 atom stereocenters. The lowest BCUT2D eigenvalue weighted by Crippen LogP contribution is -2.60. The fourth-order valence-electron chi connectivity index (χ4n) is 10.9. The van der Waals surface area contributed by atoms with E-state index < -0.39 is 49.5 Å². The molecule has 0 aromatic carbocycles. The minimum absolute atomic E-state index is 0.000939. The topological polar surface area (TPSA) is 175 Å². The van der Waals surface area contributed by atoms with E-state index in [4.69, 9.17) is 14.2 Å². The predicted molar refractivity (Wildman–Crippen MR) is 329 cm³/mol. The van der Waals surface area contributed by atoms with Gasteiger partial charge in [0.05, 0.1) is 32.0 Å². The van der Waals surface area contributed by atoms with Gasteiger partial charge in [-0.2, -0.15) is 0 Å². The molecule has 0 aliphatic carbocycles. The summed E-state index contributed by atoms with van der Waals surface area (Å²) in [6, 6.07) is -0.806. The molecule has 1 amide bonds. The van der Waals surface area contributed by atoms with Crippen LogP contribution in [0.15, 0.2) is 24.3 Å². The molecule has 0 spiro atoms. The second kappa shape index (κ2) is 57.9. The highest BCUT2D eigenvalue weighted by atomic mass is 16.7. The van der Waals surface area contributed by atoms with Crippen molar-refractivity contribution >= 4 is 11.9 Å². The summed E-state index contributed by atoms with van der Waals surface area (Å²) in [6.07, 6.45) is 61.7. The molecule has 1 heterocycles. The molecular formula is C68H129NO10. The van der Waals surface area contributed by atoms with Gasteiger partial charge in [0.2, 0.25) is 5.91 Å². The van der Waals surface area contributed by atoms with E-state index in [2.05, 4.69) is 31.3 Å². The average Bonchev–Trinajstić information content (AvgIpc) is 3.47. The lowest BCUT2D eigenvalue weighted by Gasteiger charge is -2.40. The number of aliphatic hydroxyl groups excluding tert-OH is 5. The van der Waals surface area contributed by atoms with Crippen molar-refractivity contribution in [1.29, 1.82) is 0 Å². The molecule has 1 rings (SSSR count). The Morgan fingerprint density at radius 3 is 1.22 bits per heavy atom. The summed E-state index contributed by atoms with van der Waals surface area (Å²) in [5.41, 5.74) is 0. The Morgan fingerprint density at radius 2 is 0.810 bits per heavy atom. The Labute approximate surface area is 486 Å². The van der Waals surface area contributed by atoms with Crippen LogP contribution in [-0.4, -0.2) is 100 Å². The zero-order chi connectivity index (χ0) is 57.3. The van der Waals surface area contributed by atoms with Gasteiger partial charge < -0.3 is 45.1 Å². The number of allylic oxidation sites excluding steroid dienone is 3. The van der Waals surface area contributed by atoms with Crippen molar-refractivity contribution < 1.29 is 49.3 Å². The second-order valence-corrected chi connectivity index (χ2v) is 23.9. The van der Waals surface area contributed by atoms with E-state index >= 15 is 0 Å². The van der Waals surface area contributed by atoms with Crippen LogP contribution in [0.5, 0.6) is 0 Å². The molecule has 0 saturated carbocycles. The number of rotatable bonds is 60. The van der Waals surface area contributed by atoms with Crippen molar-refractivity contribution in [3.63, 3.8) is 0 Å². The SMILES string of the molecule is CCCCCCCC/C=C\CCCCCCCC(=O)OCCCCCCCCCCCCCCCCCCCCCCCCCCCCCC(=O)NC(COC1OC(CO)C(O)C(O)C1O)C(O)/C=C/CCCCCCCCC. The zero-order valence-electron chi connectivity index (χ0n) is 51.6. The molecule has 11 nitrogen and oxygen atoms in total. The number of carbonyl (C=O) groups excluding carboxylic acids is 2. The largest absolute Gasteiger partial charge is 0.466 e. The summed E-state index contributed by atoms with van der Waals surface area (Å²) in [4.78, 5) is 25.1. The predicted octanol–water partition coefficient (Wildman–Crippen LogP) is 16.8. The quantitative estimate of drug-likeness (QED) is 0.0195. The van der Waals surface area contributed by atoms with Gasteiger partial charge in [-0.05, 0) is 57.8 Å². The van der Waals surface area contributed by atoms with Crippen molar-refractivity contribution in [3.8, 4) is 0 Å². The number of unbranched alkanes of at least 4 members (excludes halogenated alkanes) is 44. The van der Waals surface area contributed by atoms with Crippen molar-refractivity contribution in [3.05, 3.63) is 24.3 Å². The van der Waals surface area contributed by atoms with Gasteiger partial charge in [-0.25, -0.2) is 0 Å². The van der Waals surface area contributed by atoms with Crippen LogP contribution in [-0.2, 0) is 23.8 Å². The third kappa shape index (κ3) is 47.2. The van der Waals surface area contributed by atoms with E-state index in [9.17, 15) is 35.1 Å². The van der Waals surface area contributed by atoms with E-state index in [0.717, 1.165) is 57.8 Å². The fraction of sp³-hybridized carbons (Fsp3) is 0.912. The number of amides is 1. The molecule has 7 unspecified atom stereocenters. The van der Waals surface area contributed by atoms with E-state index in [1.54, 1.807) is 6.08 Å². The first kappa shape index (κ1) is 75.2. The molecule has 1 saturated heterocycles. The minimum Gasteiger partial charge on any atom is -0.466 e. The Balaban J connectivity index is 1.92. The second-order valence-electron chi connectivity index (χ2n) is 23.9. The van der Waals surface area contributed by atoms with E-state index in [0.29, 0.717) is 19.4 Å². The fourth-order valence-corrected chi connectivity index (χ4v) is 10.9. The molecule has 466 valence electrons. The summed E-state index contributed by atoms with van der Waals surface area (Å²) in [7, 11) is 0. The highest BCUT2D eigenvalue weighted by molar-refractivity contribution is 5.76. The molecule has 1 fully saturated rings. The lowest BCUT2D eigenvalue weighted by atomic mass is 9.99. The smallest absolute Gasteiger partial charge is 0.305 e. The van der Waals surface area contributed by atoms with Crippen LogP contribution < -0.4 is 5.32 Å². The molecule has 1 aliphatic rings. The van der Waals surface area contributed by atoms with Crippen LogP contribution in [0.2, 0.25) is 0 Å². The first-order valence-corrected chi connectivity index (χ1v) is 34.1. The molecule has 1 aliphatic heterocycles. The standard InChI is InChI=1S/C68H129NO10/c1-3-5-7-9-11-13-14-15-29-33-36-40-44-48-52-56-64(73)77-57-53-49-45-41-37-34-31-28-26-24-22-20-18-16-17-19-21-23-25-27-30-32-35-39-43-47-51-55-63(72)69-60(61(71)54-50-46-42-38-12-10-8-6-4-2)59-78-68-67(76)66(75)65(74)62(58-70)79-68/h15,29,50,54,60-62,65-68,70-71,74-76H,3-14,16-28,30-49,51-53,55-59H2,1-2H3,(H,69,72)/b29-15-,54-50+. The number of carbonyl (C=O) groups is 2. The lowest BCUT2D eigenvalue weighted by molar-refractivity contribution is -0.302. The van der Waals surface area contributed by atoms with Gasteiger partial charge in [-0.15, -0.1) is 0 Å². The summed E-state index contributed by atoms with van der Waals surface area (Å²) in [5.74, 6) is -0.179. The van der Waals surface area contributed by atoms with Gasteiger partial charge in [0, 0.05) is 12.8 Å². The number of aliphatic hydroxyl groups is 5. The van der Waals surface area contributed by atoms with Gasteiger partial charge in [-0.1, -0.05) is 289 Å². The molecule has 11 heteroatoms. The monoisotopic (exact) mass is 1120 g/mol. The number of hydrogen-bond donors (Lipinski definition) is 6. The van der Waals surface area contributed by atoms with E-state index in [1.165, 1.54) is 250 Å². The van der Waals surface area contributed by atoms with Crippen LogP contribution >= 0.6 is 0 Å². The molecule has 79 heavy (non-hydrogen) atoms. The number of ether oxygens (including phenoxy) is 3. The molecule has 0 aromatic rings. The first-order valence-electron chi connectivity index (χ1n) is 34.1. The number of nitrogens with one attached hydrogen (secondary N) is 1. The van der Waals surface area contributed by atoms with Crippen molar-refractivity contribution in [2.24, 2.45) is 0 Å². The van der Waals surface area contributed by atoms with Gasteiger partial charge in [0.1, 0.15) is 24.4 Å². The maximum absolute atomic E-state index is 13.0. The third-order valence-electron chi connectivity index (χ3n) is 16.3. The van der Waals surface area contributed by atoms with Crippen LogP contribution in [0.4, 0.5) is 0 Å². The van der Waals surface area contributed by atoms with Crippen molar-refractivity contribution in [2.45, 2.75) is 378 Å². The normalized spacial score (nSPS) is 18.5. The third-order valence-corrected chi connectivity index (χ3v) is 16.3. The maximum Gasteiger partial charge on any atom is 0.305 e. The average molecular weight is 1120 g/mol. The van der Waals surface area contributed by atoms with Crippen LogP contribution in [0.1, 0.15) is 335 Å². The first-order chi connectivity index (χ1) is 38.7. The van der Waals surface area contributed by atoms with Gasteiger partial charge >= 0.3 is 5.97 Å². The number of hydrogen-bond acceptors (Lipinski definition) is 10. The van der Waals surface area contributed by atoms with Gasteiger partial charge in [0.15, 0.2) is 6.29 Å². The molecular weight excluding hydrogens is 991 g/mol. The molecule has 0 aromatic heterocycles. The Kier molecular flexibility index (Phi) is 55.1. The minimum atomic E-state index is -1.57. The Morgan fingerprint density at radius 1 is 0.456 bits per heavy atom. The highest BCUT2D eigenvalue weighted by Crippen LogP contribution is 2.23. The van der Waals surface area contributed by atoms with Gasteiger partial charge in [0.25, 0.3) is 0 Å². The Bertz CT molecular complexity index is 1360. The van der Waals surface area contributed by atoms with Gasteiger partial charge in [-0.3, -0.25) is 9.59 Å². The van der Waals surface area contributed by atoms with E-state index in [1.807, 2.05) is 6.08 Å². The highest BCUT2D eigenvalue weighted by Gasteiger charge is 2.44. The zero-order valence-corrected chi connectivity index (χ0v) is 51.6. The summed E-state index contributed by atoms with van der Waals surface area (Å²) in [6.45, 7) is 4.34. The number of esters is 1. The summed E-state index contributed by atoms with van der Waals surface area (Å²) in [5, 5.41) is 54.3. The van der Waals surface area contributed by atoms with Crippen LogP contribution in [0.3, 0.4) is 0 Å². The molecule has 6 N–H and O–H groups in total. The van der Waals surface area contributed by atoms with E-state index in [-0.39, 0.29) is 18.5 Å².